The molecule has 3 nitrogen and oxygen atoms in total. The highest BCUT2D eigenvalue weighted by Crippen LogP contribution is 2.20. The zero-order valence-corrected chi connectivity index (χ0v) is 8.46. The van der Waals surface area contributed by atoms with Crippen LogP contribution in [0.25, 0.3) is 0 Å². The predicted octanol–water partition coefficient (Wildman–Crippen LogP) is 1.38. The Morgan fingerprint density at radius 2 is 2.23 bits per heavy atom. The molecule has 0 bridgehead atoms. The first-order chi connectivity index (χ1) is 5.88. The van der Waals surface area contributed by atoms with Gasteiger partial charge in [0.15, 0.2) is 0 Å². The van der Waals surface area contributed by atoms with Gasteiger partial charge in [0.2, 0.25) is 0 Å². The van der Waals surface area contributed by atoms with Gasteiger partial charge >= 0.3 is 5.97 Å². The van der Waals surface area contributed by atoms with Crippen LogP contribution in [0.15, 0.2) is 11.6 Å². The summed E-state index contributed by atoms with van der Waals surface area (Å²) in [4.78, 5) is 11.5. The highest BCUT2D eigenvalue weighted by molar-refractivity contribution is 5.89. The number of carbonyl (C=O) groups excluding carboxylic acids is 1. The van der Waals surface area contributed by atoms with E-state index in [4.69, 9.17) is 10.5 Å². The number of carbonyl (C=O) groups is 1. The van der Waals surface area contributed by atoms with Crippen molar-refractivity contribution in [1.82, 2.24) is 0 Å². The maximum atomic E-state index is 11.5. The molecule has 0 saturated heterocycles. The summed E-state index contributed by atoms with van der Waals surface area (Å²) in [5, 5.41) is 0. The van der Waals surface area contributed by atoms with Crippen LogP contribution in [-0.2, 0) is 9.53 Å². The molecule has 1 aliphatic carbocycles. The minimum atomic E-state index is -0.412. The van der Waals surface area contributed by atoms with Crippen LogP contribution in [-0.4, -0.2) is 17.6 Å². The second-order valence-corrected chi connectivity index (χ2v) is 4.43. The van der Waals surface area contributed by atoms with E-state index >= 15 is 0 Å². The highest BCUT2D eigenvalue weighted by Gasteiger charge is 2.24. The molecule has 0 radical (unpaired) electrons. The first kappa shape index (κ1) is 10.3. The second-order valence-electron chi connectivity index (χ2n) is 4.43. The minimum absolute atomic E-state index is 0.0996. The van der Waals surface area contributed by atoms with Gasteiger partial charge in [-0.1, -0.05) is 6.08 Å². The lowest BCUT2D eigenvalue weighted by Gasteiger charge is -2.19. The molecule has 0 fully saturated rings. The molecule has 3 heteroatoms. The standard InChI is InChI=1S/C10H17NO2/c1-10(2,3)13-9(12)7-4-5-8(11)6-7/h4,8H,5-6,11H2,1-3H3. The summed E-state index contributed by atoms with van der Waals surface area (Å²) in [6.07, 6.45) is 3.31. The van der Waals surface area contributed by atoms with Crippen LogP contribution in [0, 0.1) is 0 Å². The number of hydrogen-bond acceptors (Lipinski definition) is 3. The fourth-order valence-electron chi connectivity index (χ4n) is 1.25. The molecule has 1 rings (SSSR count). The Kier molecular flexibility index (Phi) is 2.76. The van der Waals surface area contributed by atoms with Crippen molar-refractivity contribution in [3.05, 3.63) is 11.6 Å². The molecule has 2 N–H and O–H groups in total. The molecule has 0 saturated carbocycles. The Hall–Kier alpha value is -0.830. The van der Waals surface area contributed by atoms with Gasteiger partial charge in [0, 0.05) is 11.6 Å². The smallest absolute Gasteiger partial charge is 0.334 e. The number of nitrogens with two attached hydrogens (primary N) is 1. The Morgan fingerprint density at radius 1 is 1.62 bits per heavy atom. The summed E-state index contributed by atoms with van der Waals surface area (Å²) >= 11 is 0. The summed E-state index contributed by atoms with van der Waals surface area (Å²) in [5.41, 5.74) is 5.98. The van der Waals surface area contributed by atoms with Crippen LogP contribution in [0.4, 0.5) is 0 Å². The van der Waals surface area contributed by atoms with Crippen molar-refractivity contribution in [2.24, 2.45) is 5.73 Å². The molecule has 0 aliphatic heterocycles. The second kappa shape index (κ2) is 3.50. The molecule has 0 heterocycles. The largest absolute Gasteiger partial charge is 0.457 e. The lowest BCUT2D eigenvalue weighted by molar-refractivity contribution is -0.150. The van der Waals surface area contributed by atoms with E-state index in [0.29, 0.717) is 6.42 Å². The predicted molar refractivity (Wildman–Crippen MR) is 51.1 cm³/mol. The van der Waals surface area contributed by atoms with Gasteiger partial charge in [-0.2, -0.15) is 0 Å². The van der Waals surface area contributed by atoms with Crippen molar-refractivity contribution >= 4 is 5.97 Å². The third-order valence-corrected chi connectivity index (χ3v) is 1.81. The van der Waals surface area contributed by atoms with Crippen LogP contribution in [0.1, 0.15) is 33.6 Å². The summed E-state index contributed by atoms with van der Waals surface area (Å²) in [7, 11) is 0. The van der Waals surface area contributed by atoms with E-state index in [0.717, 1.165) is 12.0 Å². The topological polar surface area (TPSA) is 52.3 Å². The molecule has 13 heavy (non-hydrogen) atoms. The number of hydrogen-bond donors (Lipinski definition) is 1. The minimum Gasteiger partial charge on any atom is -0.457 e. The van der Waals surface area contributed by atoms with Crippen LogP contribution >= 0.6 is 0 Å². The first-order valence-electron chi connectivity index (χ1n) is 4.56. The van der Waals surface area contributed by atoms with Crippen LogP contribution in [0.3, 0.4) is 0 Å². The number of ether oxygens (including phenoxy) is 1. The van der Waals surface area contributed by atoms with Crippen LogP contribution in [0.5, 0.6) is 0 Å². The van der Waals surface area contributed by atoms with Crippen molar-refractivity contribution in [1.29, 1.82) is 0 Å². The summed E-state index contributed by atoms with van der Waals surface area (Å²) in [5.74, 6) is -0.222. The van der Waals surface area contributed by atoms with Crippen molar-refractivity contribution in [2.45, 2.75) is 45.3 Å². The molecule has 1 aliphatic rings. The van der Waals surface area contributed by atoms with E-state index in [2.05, 4.69) is 0 Å². The maximum absolute atomic E-state index is 11.5. The lowest BCUT2D eigenvalue weighted by atomic mass is 10.1. The van der Waals surface area contributed by atoms with Gasteiger partial charge in [-0.25, -0.2) is 4.79 Å². The molecule has 74 valence electrons. The first-order valence-corrected chi connectivity index (χ1v) is 4.56. The van der Waals surface area contributed by atoms with E-state index in [9.17, 15) is 4.79 Å². The third kappa shape index (κ3) is 3.19. The molecule has 0 spiro atoms. The number of rotatable bonds is 1. The van der Waals surface area contributed by atoms with E-state index in [1.165, 1.54) is 0 Å². The third-order valence-electron chi connectivity index (χ3n) is 1.81. The average Bonchev–Trinajstić information content (AvgIpc) is 2.31. The Balaban J connectivity index is 2.50. The molecule has 0 aromatic heterocycles. The SMILES string of the molecule is CC(C)(C)OC(=O)C1=CCC(N)C1. The van der Waals surface area contributed by atoms with Crippen molar-refractivity contribution in [3.63, 3.8) is 0 Å². The molecule has 0 aromatic carbocycles. The maximum Gasteiger partial charge on any atom is 0.334 e. The van der Waals surface area contributed by atoms with Crippen molar-refractivity contribution in [2.75, 3.05) is 0 Å². The Labute approximate surface area is 78.9 Å². The van der Waals surface area contributed by atoms with Crippen molar-refractivity contribution < 1.29 is 9.53 Å². The zero-order valence-electron chi connectivity index (χ0n) is 8.46. The molecule has 1 unspecified atom stereocenters. The van der Waals surface area contributed by atoms with E-state index < -0.39 is 5.60 Å². The van der Waals surface area contributed by atoms with Gasteiger partial charge in [-0.05, 0) is 33.6 Å². The van der Waals surface area contributed by atoms with E-state index in [-0.39, 0.29) is 12.0 Å². The molecular weight excluding hydrogens is 166 g/mol. The van der Waals surface area contributed by atoms with Gasteiger partial charge < -0.3 is 10.5 Å². The highest BCUT2D eigenvalue weighted by atomic mass is 16.6. The number of esters is 1. The Bertz CT molecular complexity index is 238. The lowest BCUT2D eigenvalue weighted by Crippen LogP contribution is -2.25. The Morgan fingerprint density at radius 3 is 2.62 bits per heavy atom. The van der Waals surface area contributed by atoms with Gasteiger partial charge in [-0.3, -0.25) is 0 Å². The van der Waals surface area contributed by atoms with Gasteiger partial charge in [-0.15, -0.1) is 0 Å². The van der Waals surface area contributed by atoms with Gasteiger partial charge in [0.1, 0.15) is 5.60 Å². The normalized spacial score (nSPS) is 22.8. The summed E-state index contributed by atoms with van der Waals surface area (Å²) in [6.45, 7) is 5.58. The molecule has 0 amide bonds. The molecule has 0 aromatic rings. The monoisotopic (exact) mass is 183 g/mol. The van der Waals surface area contributed by atoms with E-state index in [1.807, 2.05) is 26.8 Å². The van der Waals surface area contributed by atoms with Gasteiger partial charge in [0.25, 0.3) is 0 Å². The van der Waals surface area contributed by atoms with Crippen LogP contribution in [0.2, 0.25) is 0 Å². The quantitative estimate of drug-likeness (QED) is 0.625. The van der Waals surface area contributed by atoms with E-state index in [1.54, 1.807) is 0 Å². The summed E-state index contributed by atoms with van der Waals surface area (Å²) < 4.78 is 5.21. The molecule has 1 atom stereocenters. The summed E-state index contributed by atoms with van der Waals surface area (Å²) in [6, 6.07) is 0.0996. The zero-order chi connectivity index (χ0) is 10.1. The fourth-order valence-corrected chi connectivity index (χ4v) is 1.25. The average molecular weight is 183 g/mol. The molecular formula is C10H17NO2. The van der Waals surface area contributed by atoms with Crippen molar-refractivity contribution in [3.8, 4) is 0 Å². The van der Waals surface area contributed by atoms with Crippen LogP contribution < -0.4 is 5.73 Å². The van der Waals surface area contributed by atoms with Gasteiger partial charge in [0.05, 0.1) is 0 Å². The fraction of sp³-hybridized carbons (Fsp3) is 0.700.